The van der Waals surface area contributed by atoms with E-state index in [2.05, 4.69) is 9.97 Å². The Kier molecular flexibility index (Phi) is 7.07. The number of hydrogen-bond acceptors (Lipinski definition) is 10. The number of thiazole rings is 1. The summed E-state index contributed by atoms with van der Waals surface area (Å²) in [7, 11) is 4.42. The molecule has 1 aliphatic rings. The predicted octanol–water partition coefficient (Wildman–Crippen LogP) is 4.74. The van der Waals surface area contributed by atoms with Gasteiger partial charge in [-0.25, -0.2) is 4.98 Å². The normalized spacial score (nSPS) is 16.5. The molecule has 0 aliphatic carbocycles. The lowest BCUT2D eigenvalue weighted by atomic mass is 9.95. The summed E-state index contributed by atoms with van der Waals surface area (Å²) >= 11 is 1.24. The number of pyridine rings is 1. The molecule has 1 N–H and O–H groups in total. The Morgan fingerprint density at radius 1 is 1.00 bits per heavy atom. The lowest BCUT2D eigenvalue weighted by Crippen LogP contribution is -2.29. The highest BCUT2D eigenvalue weighted by Gasteiger charge is 2.48. The van der Waals surface area contributed by atoms with Crippen LogP contribution in [-0.2, 0) is 9.59 Å². The van der Waals surface area contributed by atoms with E-state index in [0.29, 0.717) is 46.2 Å². The van der Waals surface area contributed by atoms with Crippen LogP contribution >= 0.6 is 11.3 Å². The van der Waals surface area contributed by atoms with Gasteiger partial charge in [0.05, 0.1) is 49.8 Å². The molecule has 1 amide bonds. The molecule has 0 radical (unpaired) electrons. The Labute approximate surface area is 228 Å². The molecule has 1 fully saturated rings. The van der Waals surface area contributed by atoms with E-state index in [1.54, 1.807) is 36.4 Å². The summed E-state index contributed by atoms with van der Waals surface area (Å²) in [6.45, 7) is 2.39. The zero-order valence-electron chi connectivity index (χ0n) is 21.6. The first-order valence-corrected chi connectivity index (χ1v) is 12.8. The minimum absolute atomic E-state index is 0.102. The first kappa shape index (κ1) is 26.0. The van der Waals surface area contributed by atoms with Gasteiger partial charge in [-0.05, 0) is 55.0 Å². The summed E-state index contributed by atoms with van der Waals surface area (Å²) in [5, 5.41) is 11.6. The first-order chi connectivity index (χ1) is 18.9. The van der Waals surface area contributed by atoms with Crippen molar-refractivity contribution in [2.75, 3.05) is 32.8 Å². The predicted molar refractivity (Wildman–Crippen MR) is 146 cm³/mol. The van der Waals surface area contributed by atoms with Gasteiger partial charge in [-0.1, -0.05) is 11.3 Å². The number of hydrogen-bond donors (Lipinski definition) is 1. The third-order valence-corrected chi connectivity index (χ3v) is 7.28. The number of fused-ring (bicyclic) bond motifs is 1. The van der Waals surface area contributed by atoms with E-state index in [-0.39, 0.29) is 16.5 Å². The van der Waals surface area contributed by atoms with Gasteiger partial charge >= 0.3 is 5.91 Å². The van der Waals surface area contributed by atoms with E-state index in [4.69, 9.17) is 18.9 Å². The van der Waals surface area contributed by atoms with Crippen LogP contribution in [0.3, 0.4) is 0 Å². The summed E-state index contributed by atoms with van der Waals surface area (Å²) in [5.41, 5.74) is 1.33. The van der Waals surface area contributed by atoms with Crippen LogP contribution in [0.15, 0.2) is 60.4 Å². The average molecular weight is 548 g/mol. The molecule has 3 heterocycles. The van der Waals surface area contributed by atoms with Crippen molar-refractivity contribution in [3.8, 4) is 23.0 Å². The SMILES string of the molecule is CCOc1ccc2nc(N3C(=O)C(=O)C(=C(O)c4ccncc4)C3c3cc(OC)c(OC)c(OC)c3)sc2c1. The minimum Gasteiger partial charge on any atom is -0.507 e. The number of nitrogens with zero attached hydrogens (tertiary/aromatic N) is 3. The van der Waals surface area contributed by atoms with Crippen molar-refractivity contribution < 1.29 is 33.6 Å². The number of ether oxygens (including phenoxy) is 4. The number of anilines is 1. The molecule has 5 rings (SSSR count). The zero-order chi connectivity index (χ0) is 27.7. The number of carbonyl (C=O) groups excluding carboxylic acids is 2. The Morgan fingerprint density at radius 2 is 1.69 bits per heavy atom. The molecule has 10 nitrogen and oxygen atoms in total. The number of Topliss-reactive ketones (excluding diaryl/α,β-unsaturated/α-hetero) is 1. The fourth-order valence-electron chi connectivity index (χ4n) is 4.52. The lowest BCUT2D eigenvalue weighted by molar-refractivity contribution is -0.132. The molecule has 4 aromatic rings. The Hall–Kier alpha value is -4.64. The van der Waals surface area contributed by atoms with Crippen LogP contribution in [0.5, 0.6) is 23.0 Å². The molecular formula is C28H25N3O7S. The molecule has 1 aliphatic heterocycles. The van der Waals surface area contributed by atoms with Crippen LogP contribution in [0.25, 0.3) is 16.0 Å². The number of methoxy groups -OCH3 is 3. The van der Waals surface area contributed by atoms with Crippen LogP contribution in [0, 0.1) is 0 Å². The summed E-state index contributed by atoms with van der Waals surface area (Å²) in [4.78, 5) is 37.0. The number of rotatable bonds is 8. The van der Waals surface area contributed by atoms with E-state index >= 15 is 0 Å². The zero-order valence-corrected chi connectivity index (χ0v) is 22.4. The van der Waals surface area contributed by atoms with Gasteiger partial charge in [0.25, 0.3) is 5.78 Å². The second-order valence-electron chi connectivity index (χ2n) is 8.42. The topological polar surface area (TPSA) is 120 Å². The maximum Gasteiger partial charge on any atom is 0.301 e. The smallest absolute Gasteiger partial charge is 0.301 e. The van der Waals surface area contributed by atoms with E-state index in [9.17, 15) is 14.7 Å². The molecule has 0 spiro atoms. The monoisotopic (exact) mass is 547 g/mol. The number of ketones is 1. The van der Waals surface area contributed by atoms with Crippen molar-refractivity contribution in [3.05, 3.63) is 71.6 Å². The fourth-order valence-corrected chi connectivity index (χ4v) is 5.54. The van der Waals surface area contributed by atoms with Gasteiger partial charge < -0.3 is 24.1 Å². The standard InChI is InChI=1S/C28H25N3O7S/c1-5-38-17-6-7-18-21(14-17)39-28(30-18)31-23(16-12-19(35-2)26(37-4)20(13-16)36-3)22(25(33)27(31)34)24(32)15-8-10-29-11-9-15/h6-14,23,32H,5H2,1-4H3. The maximum atomic E-state index is 13.6. The van der Waals surface area contributed by atoms with Crippen LogP contribution < -0.4 is 23.8 Å². The Balaban J connectivity index is 1.75. The van der Waals surface area contributed by atoms with Crippen molar-refractivity contribution in [2.45, 2.75) is 13.0 Å². The third-order valence-electron chi connectivity index (χ3n) is 6.27. The number of aliphatic hydroxyl groups is 1. The molecule has 200 valence electrons. The molecule has 0 saturated carbocycles. The Morgan fingerprint density at radius 3 is 2.31 bits per heavy atom. The highest BCUT2D eigenvalue weighted by Crippen LogP contribution is 2.48. The van der Waals surface area contributed by atoms with Crippen molar-refractivity contribution in [3.63, 3.8) is 0 Å². The molecule has 1 unspecified atom stereocenters. The van der Waals surface area contributed by atoms with Crippen molar-refractivity contribution >= 4 is 44.1 Å². The number of carbonyl (C=O) groups is 2. The highest BCUT2D eigenvalue weighted by molar-refractivity contribution is 7.22. The Bertz CT molecular complexity index is 1570. The molecule has 2 aromatic heterocycles. The molecule has 1 atom stereocenters. The summed E-state index contributed by atoms with van der Waals surface area (Å²) in [6.07, 6.45) is 2.98. The van der Waals surface area contributed by atoms with E-state index in [1.807, 2.05) is 13.0 Å². The maximum absolute atomic E-state index is 13.6. The third kappa shape index (κ3) is 4.50. The van der Waals surface area contributed by atoms with Gasteiger partial charge in [0, 0.05) is 18.0 Å². The fraction of sp³-hybridized carbons (Fsp3) is 0.214. The number of amides is 1. The van der Waals surface area contributed by atoms with Gasteiger partial charge in [-0.2, -0.15) is 0 Å². The van der Waals surface area contributed by atoms with Crippen LogP contribution in [0.2, 0.25) is 0 Å². The first-order valence-electron chi connectivity index (χ1n) is 12.0. The van der Waals surface area contributed by atoms with Gasteiger partial charge in [0.15, 0.2) is 16.6 Å². The highest BCUT2D eigenvalue weighted by atomic mass is 32.1. The van der Waals surface area contributed by atoms with Gasteiger partial charge in [0.2, 0.25) is 5.75 Å². The lowest BCUT2D eigenvalue weighted by Gasteiger charge is -2.24. The average Bonchev–Trinajstić information content (AvgIpc) is 3.49. The summed E-state index contributed by atoms with van der Waals surface area (Å²) in [5.74, 6) is -0.346. The van der Waals surface area contributed by atoms with Gasteiger partial charge in [-0.3, -0.25) is 19.5 Å². The van der Waals surface area contributed by atoms with Crippen LogP contribution in [0.1, 0.15) is 24.1 Å². The van der Waals surface area contributed by atoms with Gasteiger partial charge in [0.1, 0.15) is 11.5 Å². The molecular weight excluding hydrogens is 522 g/mol. The second kappa shape index (κ2) is 10.6. The molecule has 2 aromatic carbocycles. The van der Waals surface area contributed by atoms with E-state index in [1.165, 1.54) is 50.0 Å². The molecule has 1 saturated heterocycles. The van der Waals surface area contributed by atoms with Crippen molar-refractivity contribution in [1.82, 2.24) is 9.97 Å². The minimum atomic E-state index is -1.04. The van der Waals surface area contributed by atoms with Crippen molar-refractivity contribution in [2.24, 2.45) is 0 Å². The quantitative estimate of drug-likeness (QED) is 0.189. The molecule has 11 heteroatoms. The molecule has 0 bridgehead atoms. The molecule has 39 heavy (non-hydrogen) atoms. The van der Waals surface area contributed by atoms with Crippen LogP contribution in [0.4, 0.5) is 5.13 Å². The van der Waals surface area contributed by atoms with E-state index in [0.717, 1.165) is 4.70 Å². The van der Waals surface area contributed by atoms with E-state index < -0.39 is 17.7 Å². The number of benzene rings is 2. The van der Waals surface area contributed by atoms with Gasteiger partial charge in [-0.15, -0.1) is 0 Å². The summed E-state index contributed by atoms with van der Waals surface area (Å²) < 4.78 is 22.9. The van der Waals surface area contributed by atoms with Crippen LogP contribution in [-0.4, -0.2) is 54.7 Å². The number of aromatic nitrogens is 2. The number of aliphatic hydroxyl groups excluding tert-OH is 1. The second-order valence-corrected chi connectivity index (χ2v) is 9.43. The van der Waals surface area contributed by atoms with Crippen molar-refractivity contribution in [1.29, 1.82) is 0 Å². The summed E-state index contributed by atoms with van der Waals surface area (Å²) in [6, 6.07) is 10.8. The largest absolute Gasteiger partial charge is 0.507 e.